The van der Waals surface area contributed by atoms with Crippen LogP contribution in [0.25, 0.3) is 0 Å². The summed E-state index contributed by atoms with van der Waals surface area (Å²) < 4.78 is 10.3. The van der Waals surface area contributed by atoms with E-state index in [-0.39, 0.29) is 33.8 Å². The summed E-state index contributed by atoms with van der Waals surface area (Å²) in [6.07, 6.45) is 0. The van der Waals surface area contributed by atoms with E-state index in [1.807, 2.05) is 0 Å². The van der Waals surface area contributed by atoms with Gasteiger partial charge >= 0.3 is 23.9 Å². The topological polar surface area (TPSA) is 127 Å². The lowest BCUT2D eigenvalue weighted by Gasteiger charge is -2.09. The molecule has 3 aromatic rings. The van der Waals surface area contributed by atoms with E-state index in [1.54, 1.807) is 0 Å². The van der Waals surface area contributed by atoms with Gasteiger partial charge in [0.1, 0.15) is 11.5 Å². The Hall–Kier alpha value is -4.46. The van der Waals surface area contributed by atoms with Crippen molar-refractivity contribution in [3.63, 3.8) is 0 Å². The summed E-state index contributed by atoms with van der Waals surface area (Å²) in [6, 6.07) is 16.7. The summed E-state index contributed by atoms with van der Waals surface area (Å²) in [6.45, 7) is 0. The van der Waals surface area contributed by atoms with E-state index < -0.39 is 23.9 Å². The minimum Gasteiger partial charge on any atom is -0.478 e. The third-order valence-corrected chi connectivity index (χ3v) is 4.00. The lowest BCUT2D eigenvalue weighted by Crippen LogP contribution is -2.14. The van der Waals surface area contributed by atoms with Gasteiger partial charge < -0.3 is 19.7 Å². The van der Waals surface area contributed by atoms with Crippen LogP contribution in [-0.4, -0.2) is 34.1 Å². The molecule has 0 unspecified atom stereocenters. The Kier molecular flexibility index (Phi) is 5.88. The first kappa shape index (κ1) is 20.3. The Bertz CT molecular complexity index is 1040. The number of rotatable bonds is 6. The highest BCUT2D eigenvalue weighted by Gasteiger charge is 2.19. The highest BCUT2D eigenvalue weighted by molar-refractivity contribution is 6.03. The van der Waals surface area contributed by atoms with Crippen LogP contribution in [0.5, 0.6) is 11.5 Å². The number of ether oxygens (including phenoxy) is 2. The maximum Gasteiger partial charge on any atom is 0.344 e. The van der Waals surface area contributed by atoms with Gasteiger partial charge in [-0.3, -0.25) is 0 Å². The third-order valence-electron chi connectivity index (χ3n) is 4.00. The molecule has 2 N–H and O–H groups in total. The monoisotopic (exact) mass is 406 g/mol. The Labute approximate surface area is 169 Å². The van der Waals surface area contributed by atoms with E-state index in [9.17, 15) is 19.2 Å². The summed E-state index contributed by atoms with van der Waals surface area (Å²) in [7, 11) is 0. The third kappa shape index (κ3) is 4.50. The molecule has 0 saturated heterocycles. The van der Waals surface area contributed by atoms with Gasteiger partial charge in [-0.2, -0.15) is 0 Å². The molecule has 0 aliphatic rings. The standard InChI is InChI=1S/C22H14O8/c23-19(24)15-5-1-3-7-17(15)21(27)29-13-9-11-14(12-10-13)30-22(28)18-8-4-2-6-16(18)20(25)26/h1-12H,(H,23,24)(H,25,26). The molecule has 3 aromatic carbocycles. The number of carbonyl (C=O) groups is 4. The number of carboxylic acid groups (broad SMARTS) is 2. The van der Waals surface area contributed by atoms with E-state index in [0.717, 1.165) is 0 Å². The summed E-state index contributed by atoms with van der Waals surface area (Å²) in [4.78, 5) is 47.0. The molecule has 0 amide bonds. The zero-order chi connectivity index (χ0) is 21.7. The van der Waals surface area contributed by atoms with Crippen LogP contribution in [0.15, 0.2) is 72.8 Å². The van der Waals surface area contributed by atoms with Gasteiger partial charge in [0.15, 0.2) is 0 Å². The van der Waals surface area contributed by atoms with Crippen molar-refractivity contribution in [2.75, 3.05) is 0 Å². The number of carboxylic acids is 2. The molecule has 0 heterocycles. The second-order valence-corrected chi connectivity index (χ2v) is 5.95. The van der Waals surface area contributed by atoms with E-state index >= 15 is 0 Å². The average Bonchev–Trinajstić information content (AvgIpc) is 2.75. The van der Waals surface area contributed by atoms with Crippen LogP contribution in [0.2, 0.25) is 0 Å². The van der Waals surface area contributed by atoms with Crippen LogP contribution < -0.4 is 9.47 Å². The molecule has 8 heteroatoms. The largest absolute Gasteiger partial charge is 0.478 e. The molecule has 0 bridgehead atoms. The molecule has 150 valence electrons. The molecule has 8 nitrogen and oxygen atoms in total. The Morgan fingerprint density at radius 2 is 0.800 bits per heavy atom. The molecule has 0 spiro atoms. The Morgan fingerprint density at radius 3 is 1.10 bits per heavy atom. The maximum absolute atomic E-state index is 12.3. The van der Waals surface area contributed by atoms with Gasteiger partial charge in [-0.15, -0.1) is 0 Å². The number of hydrogen-bond donors (Lipinski definition) is 2. The van der Waals surface area contributed by atoms with Gasteiger partial charge in [0.2, 0.25) is 0 Å². The van der Waals surface area contributed by atoms with Crippen molar-refractivity contribution in [2.45, 2.75) is 0 Å². The molecular formula is C22H14O8. The SMILES string of the molecule is O=C(O)c1ccccc1C(=O)Oc1ccc(OC(=O)c2ccccc2C(=O)O)cc1. The van der Waals surface area contributed by atoms with Crippen LogP contribution in [0.4, 0.5) is 0 Å². The maximum atomic E-state index is 12.3. The quantitative estimate of drug-likeness (QED) is 0.470. The first-order valence-electron chi connectivity index (χ1n) is 8.56. The number of aromatic carboxylic acids is 2. The minimum atomic E-state index is -1.26. The number of hydrogen-bond acceptors (Lipinski definition) is 6. The lowest BCUT2D eigenvalue weighted by atomic mass is 10.1. The van der Waals surface area contributed by atoms with Gasteiger partial charge in [0.05, 0.1) is 22.3 Å². The zero-order valence-electron chi connectivity index (χ0n) is 15.3. The lowest BCUT2D eigenvalue weighted by molar-refractivity contribution is 0.0665. The second kappa shape index (κ2) is 8.70. The fraction of sp³-hybridized carbons (Fsp3) is 0. The van der Waals surface area contributed by atoms with Gasteiger partial charge in [-0.05, 0) is 48.5 Å². The predicted octanol–water partition coefficient (Wildman–Crippen LogP) is 3.52. The molecule has 30 heavy (non-hydrogen) atoms. The van der Waals surface area contributed by atoms with Gasteiger partial charge in [-0.25, -0.2) is 19.2 Å². The zero-order valence-corrected chi connectivity index (χ0v) is 15.3. The Balaban J connectivity index is 1.72. The van der Waals surface area contributed by atoms with Crippen LogP contribution in [-0.2, 0) is 0 Å². The second-order valence-electron chi connectivity index (χ2n) is 5.95. The number of benzene rings is 3. The highest BCUT2D eigenvalue weighted by Crippen LogP contribution is 2.21. The summed E-state index contributed by atoms with van der Waals surface area (Å²) in [5.74, 6) is -4.02. The molecule has 0 atom stereocenters. The number of carbonyl (C=O) groups excluding carboxylic acids is 2. The smallest absolute Gasteiger partial charge is 0.344 e. The molecule has 0 radical (unpaired) electrons. The van der Waals surface area contributed by atoms with Crippen molar-refractivity contribution in [1.82, 2.24) is 0 Å². The van der Waals surface area contributed by atoms with Gasteiger partial charge in [0, 0.05) is 0 Å². The average molecular weight is 406 g/mol. The van der Waals surface area contributed by atoms with E-state index in [0.29, 0.717) is 0 Å². The van der Waals surface area contributed by atoms with Crippen molar-refractivity contribution >= 4 is 23.9 Å². The fourth-order valence-corrected chi connectivity index (χ4v) is 2.59. The van der Waals surface area contributed by atoms with E-state index in [2.05, 4.69) is 0 Å². The summed E-state index contributed by atoms with van der Waals surface area (Å²) in [5, 5.41) is 18.3. The van der Waals surface area contributed by atoms with Crippen molar-refractivity contribution in [2.24, 2.45) is 0 Å². The van der Waals surface area contributed by atoms with Crippen LogP contribution in [0.3, 0.4) is 0 Å². The van der Waals surface area contributed by atoms with Crippen molar-refractivity contribution in [3.8, 4) is 11.5 Å². The number of esters is 2. The molecule has 0 fully saturated rings. The summed E-state index contributed by atoms with van der Waals surface area (Å²) in [5.41, 5.74) is -0.591. The van der Waals surface area contributed by atoms with Gasteiger partial charge in [0.25, 0.3) is 0 Å². The molecule has 0 aromatic heterocycles. The first-order valence-corrected chi connectivity index (χ1v) is 8.56. The highest BCUT2D eigenvalue weighted by atomic mass is 16.5. The Morgan fingerprint density at radius 1 is 0.500 bits per heavy atom. The van der Waals surface area contributed by atoms with Crippen molar-refractivity contribution in [3.05, 3.63) is 95.1 Å². The first-order chi connectivity index (χ1) is 14.4. The molecule has 0 aliphatic carbocycles. The van der Waals surface area contributed by atoms with Gasteiger partial charge in [-0.1, -0.05) is 24.3 Å². The fourth-order valence-electron chi connectivity index (χ4n) is 2.59. The predicted molar refractivity (Wildman–Crippen MR) is 103 cm³/mol. The molecule has 0 saturated carbocycles. The molecule has 0 aliphatic heterocycles. The normalized spacial score (nSPS) is 10.1. The summed E-state index contributed by atoms with van der Waals surface area (Å²) >= 11 is 0. The van der Waals surface area contributed by atoms with Crippen LogP contribution in [0, 0.1) is 0 Å². The van der Waals surface area contributed by atoms with E-state index in [4.69, 9.17) is 19.7 Å². The van der Waals surface area contributed by atoms with Crippen molar-refractivity contribution < 1.29 is 38.9 Å². The van der Waals surface area contributed by atoms with Crippen molar-refractivity contribution in [1.29, 1.82) is 0 Å². The minimum absolute atomic E-state index is 0.103. The van der Waals surface area contributed by atoms with Crippen LogP contribution >= 0.6 is 0 Å². The molecule has 3 rings (SSSR count). The van der Waals surface area contributed by atoms with E-state index in [1.165, 1.54) is 72.8 Å². The van der Waals surface area contributed by atoms with Crippen LogP contribution in [0.1, 0.15) is 41.4 Å². The molecular weight excluding hydrogens is 392 g/mol.